The van der Waals surface area contributed by atoms with Crippen LogP contribution in [0.25, 0.3) is 0 Å². The molecule has 2 heteroatoms. The van der Waals surface area contributed by atoms with Crippen LogP contribution in [-0.2, 0) is 19.5 Å². The van der Waals surface area contributed by atoms with Crippen molar-refractivity contribution >= 4 is 0 Å². The molecule has 0 amide bonds. The Balaban J connectivity index is 2.10. The molecule has 32 heavy (non-hydrogen) atoms. The molecule has 0 saturated carbocycles. The zero-order valence-corrected chi connectivity index (χ0v) is 22.5. The van der Waals surface area contributed by atoms with Gasteiger partial charge >= 0.3 is 0 Å². The molecule has 0 aliphatic rings. The summed E-state index contributed by atoms with van der Waals surface area (Å²) < 4.78 is 5.09. The van der Waals surface area contributed by atoms with Gasteiger partial charge in [0, 0.05) is 6.42 Å². The van der Waals surface area contributed by atoms with E-state index in [9.17, 15) is 0 Å². The highest BCUT2D eigenvalue weighted by molar-refractivity contribution is 4.84. The molecular formula is C30H59N2+. The number of nitrogens with zero attached hydrogens (tertiary/aromatic N) is 2. The maximum atomic E-state index is 2.57. The molecule has 1 heterocycles. The van der Waals surface area contributed by atoms with Crippen molar-refractivity contribution in [2.24, 2.45) is 0 Å². The van der Waals surface area contributed by atoms with Crippen LogP contribution in [0.15, 0.2) is 12.4 Å². The SMILES string of the molecule is CCCCCCCCCCCCCCCCc1n(CCCCCCCC)cc[n+]1CCC. The molecule has 0 N–H and O–H groups in total. The lowest BCUT2D eigenvalue weighted by Crippen LogP contribution is -2.37. The molecule has 0 bridgehead atoms. The monoisotopic (exact) mass is 447 g/mol. The molecule has 188 valence electrons. The van der Waals surface area contributed by atoms with Gasteiger partial charge in [-0.1, -0.05) is 130 Å². The van der Waals surface area contributed by atoms with Crippen molar-refractivity contribution in [1.29, 1.82) is 0 Å². The number of rotatable bonds is 24. The lowest BCUT2D eigenvalue weighted by atomic mass is 10.0. The van der Waals surface area contributed by atoms with E-state index in [4.69, 9.17) is 0 Å². The summed E-state index contributed by atoms with van der Waals surface area (Å²) in [6.07, 6.45) is 35.7. The first-order valence-electron chi connectivity index (χ1n) is 14.9. The van der Waals surface area contributed by atoms with Gasteiger partial charge in [-0.2, -0.15) is 0 Å². The molecule has 0 radical (unpaired) electrons. The van der Waals surface area contributed by atoms with Crippen LogP contribution in [0.3, 0.4) is 0 Å². The van der Waals surface area contributed by atoms with Crippen molar-refractivity contribution in [2.75, 3.05) is 0 Å². The maximum absolute atomic E-state index is 2.57. The zero-order chi connectivity index (χ0) is 23.1. The summed E-state index contributed by atoms with van der Waals surface area (Å²) in [5.74, 6) is 1.58. The second kappa shape index (κ2) is 22.0. The van der Waals surface area contributed by atoms with Gasteiger partial charge in [-0.05, 0) is 25.7 Å². The van der Waals surface area contributed by atoms with Crippen molar-refractivity contribution in [2.45, 2.75) is 175 Å². The van der Waals surface area contributed by atoms with E-state index >= 15 is 0 Å². The standard InChI is InChI=1S/C30H59N2/c1-4-7-9-11-13-14-15-16-17-18-19-20-21-23-25-30-31(26-6-3)28-29-32(30)27-24-22-12-10-8-5-2/h28-29H,4-27H2,1-3H3/q+1. The van der Waals surface area contributed by atoms with Crippen molar-refractivity contribution in [3.05, 3.63) is 18.2 Å². The molecule has 2 nitrogen and oxygen atoms in total. The van der Waals surface area contributed by atoms with Crippen molar-refractivity contribution < 1.29 is 4.57 Å². The van der Waals surface area contributed by atoms with E-state index in [-0.39, 0.29) is 0 Å². The van der Waals surface area contributed by atoms with Gasteiger partial charge in [0.15, 0.2) is 0 Å². The minimum Gasteiger partial charge on any atom is -0.234 e. The molecule has 0 unspecified atom stereocenters. The van der Waals surface area contributed by atoms with Crippen LogP contribution in [0.5, 0.6) is 0 Å². The van der Waals surface area contributed by atoms with Gasteiger partial charge in [-0.3, -0.25) is 0 Å². The normalized spacial score (nSPS) is 11.5. The second-order valence-corrected chi connectivity index (χ2v) is 10.2. The van der Waals surface area contributed by atoms with Crippen LogP contribution < -0.4 is 4.57 Å². The lowest BCUT2D eigenvalue weighted by molar-refractivity contribution is -0.703. The Morgan fingerprint density at radius 1 is 0.531 bits per heavy atom. The number of imidazole rings is 1. The van der Waals surface area contributed by atoms with Crippen LogP contribution in [-0.4, -0.2) is 4.57 Å². The predicted octanol–water partition coefficient (Wildman–Crippen LogP) is 9.57. The lowest BCUT2D eigenvalue weighted by Gasteiger charge is -2.06. The van der Waals surface area contributed by atoms with Gasteiger partial charge in [0.25, 0.3) is 5.82 Å². The van der Waals surface area contributed by atoms with E-state index in [0.29, 0.717) is 0 Å². The van der Waals surface area contributed by atoms with Crippen LogP contribution >= 0.6 is 0 Å². The Hall–Kier alpha value is -0.790. The Labute approximate surface area is 202 Å². The zero-order valence-electron chi connectivity index (χ0n) is 22.5. The molecular weight excluding hydrogens is 388 g/mol. The fourth-order valence-corrected chi connectivity index (χ4v) is 4.97. The highest BCUT2D eigenvalue weighted by Gasteiger charge is 2.15. The molecule has 0 aliphatic carbocycles. The number of aromatic nitrogens is 2. The smallest absolute Gasteiger partial charge is 0.234 e. The van der Waals surface area contributed by atoms with Gasteiger partial charge in [-0.15, -0.1) is 0 Å². The Bertz CT molecular complexity index is 505. The highest BCUT2D eigenvalue weighted by Crippen LogP contribution is 2.14. The largest absolute Gasteiger partial charge is 0.256 e. The molecule has 0 atom stereocenters. The minimum absolute atomic E-state index is 1.18. The van der Waals surface area contributed by atoms with Crippen LogP contribution in [0.2, 0.25) is 0 Å². The quantitative estimate of drug-likeness (QED) is 0.110. The summed E-state index contributed by atoms with van der Waals surface area (Å²) in [6, 6.07) is 0. The average molecular weight is 448 g/mol. The molecule has 1 aromatic rings. The summed E-state index contributed by atoms with van der Waals surface area (Å²) >= 11 is 0. The number of unbranched alkanes of at least 4 members (excludes halogenated alkanes) is 18. The van der Waals surface area contributed by atoms with Crippen LogP contribution in [0, 0.1) is 0 Å². The van der Waals surface area contributed by atoms with Gasteiger partial charge in [0.1, 0.15) is 12.4 Å². The highest BCUT2D eigenvalue weighted by atomic mass is 15.1. The molecule has 1 aromatic heterocycles. The molecule has 1 rings (SSSR count). The molecule has 0 spiro atoms. The first kappa shape index (κ1) is 29.2. The van der Waals surface area contributed by atoms with E-state index in [2.05, 4.69) is 42.3 Å². The molecule has 0 fully saturated rings. The van der Waals surface area contributed by atoms with Crippen LogP contribution in [0.1, 0.15) is 161 Å². The van der Waals surface area contributed by atoms with E-state index in [1.807, 2.05) is 0 Å². The Morgan fingerprint density at radius 2 is 0.969 bits per heavy atom. The predicted molar refractivity (Wildman–Crippen MR) is 142 cm³/mol. The molecule has 0 aromatic carbocycles. The van der Waals surface area contributed by atoms with Gasteiger partial charge in [-0.25, -0.2) is 9.13 Å². The fourth-order valence-electron chi connectivity index (χ4n) is 4.97. The van der Waals surface area contributed by atoms with E-state index in [0.717, 1.165) is 0 Å². The number of aryl methyl sites for hydroxylation is 2. The summed E-state index contributed by atoms with van der Waals surface area (Å²) in [4.78, 5) is 0. The molecule has 0 aliphatic heterocycles. The first-order chi connectivity index (χ1) is 15.8. The summed E-state index contributed by atoms with van der Waals surface area (Å²) in [5, 5.41) is 0. The van der Waals surface area contributed by atoms with E-state index in [1.54, 1.807) is 5.82 Å². The Morgan fingerprint density at radius 3 is 1.44 bits per heavy atom. The fraction of sp³-hybridized carbons (Fsp3) is 0.900. The number of hydrogen-bond acceptors (Lipinski definition) is 0. The minimum atomic E-state index is 1.18. The van der Waals surface area contributed by atoms with Crippen molar-refractivity contribution in [1.82, 2.24) is 4.57 Å². The number of hydrogen-bond donors (Lipinski definition) is 0. The third kappa shape index (κ3) is 15.1. The third-order valence-corrected chi connectivity index (χ3v) is 7.06. The van der Waals surface area contributed by atoms with Crippen molar-refractivity contribution in [3.63, 3.8) is 0 Å². The van der Waals surface area contributed by atoms with Gasteiger partial charge < -0.3 is 0 Å². The second-order valence-electron chi connectivity index (χ2n) is 10.2. The third-order valence-electron chi connectivity index (χ3n) is 7.06. The van der Waals surface area contributed by atoms with E-state index in [1.165, 1.54) is 154 Å². The summed E-state index contributed by atoms with van der Waals surface area (Å²) in [6.45, 7) is 9.30. The summed E-state index contributed by atoms with van der Waals surface area (Å²) in [5.41, 5.74) is 0. The first-order valence-corrected chi connectivity index (χ1v) is 14.9. The van der Waals surface area contributed by atoms with Crippen molar-refractivity contribution in [3.8, 4) is 0 Å². The maximum Gasteiger partial charge on any atom is 0.256 e. The van der Waals surface area contributed by atoms with E-state index < -0.39 is 0 Å². The average Bonchev–Trinajstić information content (AvgIpc) is 3.18. The molecule has 0 saturated heterocycles. The van der Waals surface area contributed by atoms with Gasteiger partial charge in [0.2, 0.25) is 0 Å². The Kier molecular flexibility index (Phi) is 20.1. The van der Waals surface area contributed by atoms with Crippen LogP contribution in [0.4, 0.5) is 0 Å². The van der Waals surface area contributed by atoms with Gasteiger partial charge in [0.05, 0.1) is 13.1 Å². The topological polar surface area (TPSA) is 8.81 Å². The summed E-state index contributed by atoms with van der Waals surface area (Å²) in [7, 11) is 0.